The highest BCUT2D eigenvalue weighted by Gasteiger charge is 2.56. The average Bonchev–Trinajstić information content (AvgIpc) is 3.04. The Hall–Kier alpha value is -3.63. The molecule has 0 radical (unpaired) electrons. The molecule has 11 heteroatoms. The van der Waals surface area contributed by atoms with Crippen molar-refractivity contribution in [3.63, 3.8) is 0 Å². The molecule has 37 heavy (non-hydrogen) atoms. The summed E-state index contributed by atoms with van der Waals surface area (Å²) >= 11 is 0. The number of hydrogen-bond donors (Lipinski definition) is 3. The van der Waals surface area contributed by atoms with Crippen LogP contribution in [0.2, 0.25) is 0 Å². The summed E-state index contributed by atoms with van der Waals surface area (Å²) in [6.07, 6.45) is 1.93. The van der Waals surface area contributed by atoms with Crippen molar-refractivity contribution in [2.75, 3.05) is 31.1 Å². The van der Waals surface area contributed by atoms with Crippen molar-refractivity contribution in [1.82, 2.24) is 21.1 Å². The Morgan fingerprint density at radius 2 is 1.73 bits per heavy atom. The Labute approximate surface area is 217 Å². The van der Waals surface area contributed by atoms with Crippen molar-refractivity contribution in [1.29, 1.82) is 0 Å². The third-order valence-electron chi connectivity index (χ3n) is 6.85. The van der Waals surface area contributed by atoms with E-state index in [9.17, 15) is 24.0 Å². The first kappa shape index (κ1) is 27.9. The van der Waals surface area contributed by atoms with Crippen LogP contribution in [-0.4, -0.2) is 66.4 Å². The summed E-state index contributed by atoms with van der Waals surface area (Å²) in [5.74, 6) is -2.41. The lowest BCUT2D eigenvalue weighted by Gasteiger charge is -2.43. The molecule has 1 aliphatic heterocycles. The molecule has 11 nitrogen and oxygen atoms in total. The minimum Gasteiger partial charge on any atom is -0.454 e. The van der Waals surface area contributed by atoms with Gasteiger partial charge in [-0.2, -0.15) is 0 Å². The summed E-state index contributed by atoms with van der Waals surface area (Å²) in [4.78, 5) is 65.2. The maximum atomic E-state index is 13.1. The number of carbonyl (C=O) groups excluding carboxylic acids is 5. The molecule has 2 atom stereocenters. The van der Waals surface area contributed by atoms with E-state index in [0.29, 0.717) is 18.4 Å². The number of ether oxygens (including phenoxy) is 1. The number of benzene rings is 1. The van der Waals surface area contributed by atoms with E-state index >= 15 is 0 Å². The normalized spacial score (nSPS) is 22.4. The molecule has 0 aromatic heterocycles. The predicted molar refractivity (Wildman–Crippen MR) is 136 cm³/mol. The van der Waals surface area contributed by atoms with E-state index < -0.39 is 48.4 Å². The van der Waals surface area contributed by atoms with Crippen molar-refractivity contribution < 1.29 is 28.7 Å². The summed E-state index contributed by atoms with van der Waals surface area (Å²) in [7, 11) is 0. The van der Waals surface area contributed by atoms with Gasteiger partial charge in [0.05, 0.1) is 0 Å². The number of amides is 5. The molecule has 1 aromatic rings. The molecule has 0 bridgehead atoms. The van der Waals surface area contributed by atoms with Crippen molar-refractivity contribution in [3.05, 3.63) is 29.8 Å². The molecule has 1 aliphatic carbocycles. The van der Waals surface area contributed by atoms with Gasteiger partial charge in [-0.05, 0) is 68.7 Å². The maximum absolute atomic E-state index is 13.1. The SMILES string of the molecule is CCN(CC)c1ccc(C(=O)NNC(=O)COC(=O)CN2C(=O)NC3(CC(C)CC(C)(C)C3)C2=O)cc1. The molecule has 1 saturated carbocycles. The van der Waals surface area contributed by atoms with Gasteiger partial charge in [0.2, 0.25) is 0 Å². The second-order valence-corrected chi connectivity index (χ2v) is 10.6. The van der Waals surface area contributed by atoms with Crippen LogP contribution in [0.1, 0.15) is 64.2 Å². The molecule has 5 amide bonds. The van der Waals surface area contributed by atoms with Crippen molar-refractivity contribution in [3.8, 4) is 0 Å². The number of imide groups is 1. The number of nitrogens with zero attached hydrogens (tertiary/aromatic N) is 2. The van der Waals surface area contributed by atoms with Gasteiger partial charge in [-0.1, -0.05) is 20.8 Å². The lowest BCUT2D eigenvalue weighted by atomic mass is 9.64. The highest BCUT2D eigenvalue weighted by molar-refractivity contribution is 6.09. The zero-order chi connectivity index (χ0) is 27.4. The Morgan fingerprint density at radius 1 is 1.08 bits per heavy atom. The van der Waals surface area contributed by atoms with Crippen molar-refractivity contribution in [2.45, 2.75) is 59.4 Å². The van der Waals surface area contributed by atoms with Crippen LogP contribution in [0.4, 0.5) is 10.5 Å². The van der Waals surface area contributed by atoms with Crippen molar-refractivity contribution >= 4 is 35.4 Å². The molecule has 1 saturated heterocycles. The summed E-state index contributed by atoms with van der Waals surface area (Å²) < 4.78 is 4.92. The fourth-order valence-corrected chi connectivity index (χ4v) is 5.62. The Kier molecular flexibility index (Phi) is 8.45. The predicted octanol–water partition coefficient (Wildman–Crippen LogP) is 1.97. The first-order valence-electron chi connectivity index (χ1n) is 12.6. The number of carbonyl (C=O) groups is 5. The van der Waals surface area contributed by atoms with Crippen LogP contribution >= 0.6 is 0 Å². The second-order valence-electron chi connectivity index (χ2n) is 10.6. The molecule has 2 unspecified atom stereocenters. The summed E-state index contributed by atoms with van der Waals surface area (Å²) in [6, 6.07) is 6.29. The van der Waals surface area contributed by atoms with Gasteiger partial charge in [0.1, 0.15) is 12.1 Å². The van der Waals surface area contributed by atoms with Crippen LogP contribution in [0.5, 0.6) is 0 Å². The fraction of sp³-hybridized carbons (Fsp3) is 0.577. The Balaban J connectivity index is 1.46. The first-order chi connectivity index (χ1) is 17.4. The van der Waals surface area contributed by atoms with Crippen molar-refractivity contribution in [2.24, 2.45) is 11.3 Å². The molecule has 1 aromatic carbocycles. The van der Waals surface area contributed by atoms with Crippen LogP contribution < -0.4 is 21.1 Å². The van der Waals surface area contributed by atoms with Gasteiger partial charge in [-0.3, -0.25) is 34.9 Å². The van der Waals surface area contributed by atoms with Gasteiger partial charge in [-0.15, -0.1) is 0 Å². The number of hydrogen-bond acceptors (Lipinski definition) is 7. The minimum atomic E-state index is -1.02. The molecule has 3 rings (SSSR count). The van der Waals surface area contributed by atoms with Gasteiger partial charge in [0.25, 0.3) is 17.7 Å². The molecule has 3 N–H and O–H groups in total. The van der Waals surface area contributed by atoms with Gasteiger partial charge >= 0.3 is 12.0 Å². The molecule has 2 aliphatic rings. The lowest BCUT2D eigenvalue weighted by Crippen LogP contribution is -2.54. The largest absolute Gasteiger partial charge is 0.454 e. The smallest absolute Gasteiger partial charge is 0.326 e. The van der Waals surface area contributed by atoms with Gasteiger partial charge in [0.15, 0.2) is 6.61 Å². The lowest BCUT2D eigenvalue weighted by molar-refractivity contribution is -0.151. The number of esters is 1. The van der Waals surface area contributed by atoms with E-state index in [-0.39, 0.29) is 11.3 Å². The molecule has 2 fully saturated rings. The quantitative estimate of drug-likeness (QED) is 0.273. The van der Waals surface area contributed by atoms with E-state index in [2.05, 4.69) is 34.9 Å². The summed E-state index contributed by atoms with van der Waals surface area (Å²) in [5.41, 5.74) is 4.62. The van der Waals surface area contributed by atoms with E-state index in [1.54, 1.807) is 12.1 Å². The van der Waals surface area contributed by atoms with E-state index in [4.69, 9.17) is 4.74 Å². The topological polar surface area (TPSA) is 137 Å². The van der Waals surface area contributed by atoms with Crippen LogP contribution in [0.3, 0.4) is 0 Å². The third-order valence-corrected chi connectivity index (χ3v) is 6.85. The monoisotopic (exact) mass is 515 g/mol. The summed E-state index contributed by atoms with van der Waals surface area (Å²) in [6.45, 7) is 10.6. The third kappa shape index (κ3) is 6.58. The minimum absolute atomic E-state index is 0.132. The zero-order valence-electron chi connectivity index (χ0n) is 22.2. The number of urea groups is 1. The number of hydrazine groups is 1. The Morgan fingerprint density at radius 3 is 2.32 bits per heavy atom. The molecule has 1 spiro atoms. The highest BCUT2D eigenvalue weighted by atomic mass is 16.5. The summed E-state index contributed by atoms with van der Waals surface area (Å²) in [5, 5.41) is 2.79. The number of nitrogens with one attached hydrogen (secondary N) is 3. The van der Waals surface area contributed by atoms with Gasteiger partial charge < -0.3 is 15.0 Å². The van der Waals surface area contributed by atoms with E-state index in [1.807, 2.05) is 32.9 Å². The van der Waals surface area contributed by atoms with Crippen LogP contribution in [0.25, 0.3) is 0 Å². The standard InChI is InChI=1S/C26H37N5O6/c1-6-30(7-2)19-10-8-18(9-11-19)22(34)29-28-20(32)15-37-21(33)14-31-23(35)26(27-24(31)36)13-17(3)12-25(4,5)16-26/h8-11,17H,6-7,12-16H2,1-5H3,(H,27,36)(H,28,32)(H,29,34). The average molecular weight is 516 g/mol. The van der Waals surface area contributed by atoms with Crippen LogP contribution in [-0.2, 0) is 19.1 Å². The fourth-order valence-electron chi connectivity index (χ4n) is 5.62. The van der Waals surface area contributed by atoms with Gasteiger partial charge in [-0.25, -0.2) is 4.79 Å². The molecular weight excluding hydrogens is 478 g/mol. The van der Waals surface area contributed by atoms with E-state index in [1.165, 1.54) is 0 Å². The van der Waals surface area contributed by atoms with Crippen LogP contribution in [0.15, 0.2) is 24.3 Å². The molecule has 1 heterocycles. The zero-order valence-corrected chi connectivity index (χ0v) is 22.2. The van der Waals surface area contributed by atoms with Gasteiger partial charge in [0, 0.05) is 24.3 Å². The van der Waals surface area contributed by atoms with Crippen LogP contribution in [0, 0.1) is 11.3 Å². The number of rotatable bonds is 8. The highest BCUT2D eigenvalue weighted by Crippen LogP contribution is 2.46. The first-order valence-corrected chi connectivity index (χ1v) is 12.6. The maximum Gasteiger partial charge on any atom is 0.326 e. The molecular formula is C26H37N5O6. The Bertz CT molecular complexity index is 1050. The second kappa shape index (κ2) is 11.2. The molecule has 202 valence electrons. The number of anilines is 1. The van der Waals surface area contributed by atoms with E-state index in [0.717, 1.165) is 30.1 Å².